The van der Waals surface area contributed by atoms with Gasteiger partial charge in [0.1, 0.15) is 0 Å². The summed E-state index contributed by atoms with van der Waals surface area (Å²) in [6.45, 7) is 3.34. The van der Waals surface area contributed by atoms with Crippen molar-refractivity contribution in [3.63, 3.8) is 0 Å². The van der Waals surface area contributed by atoms with Crippen LogP contribution in [-0.4, -0.2) is 19.1 Å². The molecular formula is C6H12F2O. The molecule has 0 aliphatic rings. The third-order valence-corrected chi connectivity index (χ3v) is 0.890. The molecule has 0 aliphatic heterocycles. The van der Waals surface area contributed by atoms with E-state index in [1.54, 1.807) is 6.92 Å². The van der Waals surface area contributed by atoms with E-state index in [0.29, 0.717) is 6.61 Å². The van der Waals surface area contributed by atoms with Crippen molar-refractivity contribution in [2.45, 2.75) is 26.2 Å². The monoisotopic (exact) mass is 138 g/mol. The highest BCUT2D eigenvalue weighted by atomic mass is 19.3. The van der Waals surface area contributed by atoms with Crippen LogP contribution < -0.4 is 0 Å². The van der Waals surface area contributed by atoms with Crippen LogP contribution in [0, 0.1) is 0 Å². The van der Waals surface area contributed by atoms with Crippen LogP contribution in [0.25, 0.3) is 0 Å². The van der Waals surface area contributed by atoms with Crippen molar-refractivity contribution in [3.05, 3.63) is 0 Å². The fourth-order valence-electron chi connectivity index (χ4n) is 0.396. The minimum absolute atomic E-state index is 0.153. The number of ether oxygens (including phenoxy) is 1. The Kier molecular flexibility index (Phi) is 3.70. The van der Waals surface area contributed by atoms with Gasteiger partial charge >= 0.3 is 0 Å². The van der Waals surface area contributed by atoms with Crippen molar-refractivity contribution in [1.82, 2.24) is 0 Å². The number of rotatable bonds is 4. The third kappa shape index (κ3) is 7.82. The van der Waals surface area contributed by atoms with Gasteiger partial charge < -0.3 is 4.74 Å². The Balaban J connectivity index is 3.07. The van der Waals surface area contributed by atoms with Gasteiger partial charge in [0.25, 0.3) is 0 Å². The van der Waals surface area contributed by atoms with Crippen LogP contribution >= 0.6 is 0 Å². The molecule has 0 aromatic carbocycles. The molecule has 0 saturated heterocycles. The molecule has 0 heterocycles. The number of alkyl halides is 2. The van der Waals surface area contributed by atoms with Crippen molar-refractivity contribution in [2.24, 2.45) is 0 Å². The quantitative estimate of drug-likeness (QED) is 0.540. The van der Waals surface area contributed by atoms with Crippen LogP contribution in [0.5, 0.6) is 0 Å². The lowest BCUT2D eigenvalue weighted by Crippen LogP contribution is -2.13. The van der Waals surface area contributed by atoms with Crippen LogP contribution in [0.1, 0.15) is 20.3 Å². The second-order valence-corrected chi connectivity index (χ2v) is 2.02. The Morgan fingerprint density at radius 2 is 2.00 bits per heavy atom. The van der Waals surface area contributed by atoms with Crippen molar-refractivity contribution in [1.29, 1.82) is 0 Å². The van der Waals surface area contributed by atoms with E-state index in [-0.39, 0.29) is 13.0 Å². The van der Waals surface area contributed by atoms with Crippen molar-refractivity contribution < 1.29 is 13.5 Å². The van der Waals surface area contributed by atoms with E-state index in [1.165, 1.54) is 0 Å². The van der Waals surface area contributed by atoms with Crippen LogP contribution in [0.2, 0.25) is 0 Å². The molecule has 0 aromatic rings. The van der Waals surface area contributed by atoms with E-state index < -0.39 is 5.92 Å². The molecule has 0 fully saturated rings. The first-order valence-electron chi connectivity index (χ1n) is 3.02. The van der Waals surface area contributed by atoms with Gasteiger partial charge in [0, 0.05) is 13.0 Å². The molecule has 0 rings (SSSR count). The van der Waals surface area contributed by atoms with Gasteiger partial charge in [-0.1, -0.05) is 0 Å². The highest BCUT2D eigenvalue weighted by molar-refractivity contribution is 4.55. The molecule has 0 radical (unpaired) electrons. The van der Waals surface area contributed by atoms with Gasteiger partial charge in [0.05, 0.1) is 6.61 Å². The van der Waals surface area contributed by atoms with E-state index in [0.717, 1.165) is 6.92 Å². The van der Waals surface area contributed by atoms with Gasteiger partial charge in [0.2, 0.25) is 5.92 Å². The smallest absolute Gasteiger partial charge is 0.247 e. The lowest BCUT2D eigenvalue weighted by molar-refractivity contribution is -0.0147. The molecular weight excluding hydrogens is 126 g/mol. The van der Waals surface area contributed by atoms with Gasteiger partial charge in [0.15, 0.2) is 0 Å². The maximum Gasteiger partial charge on any atom is 0.247 e. The zero-order chi connectivity index (χ0) is 7.33. The van der Waals surface area contributed by atoms with Crippen molar-refractivity contribution >= 4 is 0 Å². The summed E-state index contributed by atoms with van der Waals surface area (Å²) in [5, 5.41) is 0. The number of hydrogen-bond acceptors (Lipinski definition) is 1. The fourth-order valence-corrected chi connectivity index (χ4v) is 0.396. The minimum atomic E-state index is -2.57. The molecule has 0 amide bonds. The fraction of sp³-hybridized carbons (Fsp3) is 1.00. The zero-order valence-electron chi connectivity index (χ0n) is 5.79. The Bertz CT molecular complexity index is 67.9. The van der Waals surface area contributed by atoms with E-state index in [2.05, 4.69) is 0 Å². The first-order chi connectivity index (χ1) is 4.06. The Morgan fingerprint density at radius 1 is 1.44 bits per heavy atom. The van der Waals surface area contributed by atoms with Crippen LogP contribution in [-0.2, 0) is 4.74 Å². The van der Waals surface area contributed by atoms with E-state index in [1.807, 2.05) is 0 Å². The molecule has 1 nitrogen and oxygen atoms in total. The van der Waals surface area contributed by atoms with Gasteiger partial charge in [-0.15, -0.1) is 0 Å². The summed E-state index contributed by atoms with van der Waals surface area (Å²) < 4.78 is 28.7. The van der Waals surface area contributed by atoms with E-state index in [9.17, 15) is 8.78 Å². The normalized spacial score (nSPS) is 12.0. The second kappa shape index (κ2) is 3.77. The van der Waals surface area contributed by atoms with E-state index >= 15 is 0 Å². The Hall–Kier alpha value is -0.180. The highest BCUT2D eigenvalue weighted by Gasteiger charge is 2.19. The first-order valence-corrected chi connectivity index (χ1v) is 3.02. The molecule has 0 N–H and O–H groups in total. The second-order valence-electron chi connectivity index (χ2n) is 2.02. The molecule has 0 saturated carbocycles. The Labute approximate surface area is 54.0 Å². The summed E-state index contributed by atoms with van der Waals surface area (Å²) in [6.07, 6.45) is -0.180. The maximum absolute atomic E-state index is 12.0. The summed E-state index contributed by atoms with van der Waals surface area (Å²) in [4.78, 5) is 0. The summed E-state index contributed by atoms with van der Waals surface area (Å²) in [6, 6.07) is 0. The molecule has 0 spiro atoms. The molecule has 56 valence electrons. The van der Waals surface area contributed by atoms with Crippen molar-refractivity contribution in [3.8, 4) is 0 Å². The highest BCUT2D eigenvalue weighted by Crippen LogP contribution is 2.15. The van der Waals surface area contributed by atoms with Crippen LogP contribution in [0.15, 0.2) is 0 Å². The zero-order valence-corrected chi connectivity index (χ0v) is 5.79. The maximum atomic E-state index is 12.0. The number of halogens is 2. The molecule has 0 atom stereocenters. The van der Waals surface area contributed by atoms with Crippen LogP contribution in [0.3, 0.4) is 0 Å². The lowest BCUT2D eigenvalue weighted by Gasteiger charge is -2.08. The Morgan fingerprint density at radius 3 is 2.33 bits per heavy atom. The molecule has 0 bridgehead atoms. The lowest BCUT2D eigenvalue weighted by atomic mass is 10.3. The molecule has 0 unspecified atom stereocenters. The predicted octanol–water partition coefficient (Wildman–Crippen LogP) is 2.07. The molecule has 0 aromatic heterocycles. The van der Waals surface area contributed by atoms with Crippen LogP contribution in [0.4, 0.5) is 8.78 Å². The number of hydrogen-bond donors (Lipinski definition) is 0. The standard InChI is InChI=1S/C6H12F2O/c1-3-9-5-4-6(2,7)8/h3-5H2,1-2H3. The summed E-state index contributed by atoms with van der Waals surface area (Å²) >= 11 is 0. The molecule has 9 heavy (non-hydrogen) atoms. The van der Waals surface area contributed by atoms with E-state index in [4.69, 9.17) is 4.74 Å². The largest absolute Gasteiger partial charge is 0.382 e. The van der Waals surface area contributed by atoms with Gasteiger partial charge in [-0.2, -0.15) is 0 Å². The minimum Gasteiger partial charge on any atom is -0.382 e. The summed E-state index contributed by atoms with van der Waals surface area (Å²) in [5.41, 5.74) is 0. The summed E-state index contributed by atoms with van der Waals surface area (Å²) in [7, 11) is 0. The van der Waals surface area contributed by atoms with Gasteiger partial charge in [-0.25, -0.2) is 8.78 Å². The SMILES string of the molecule is CCOCCC(C)(F)F. The first kappa shape index (κ1) is 8.82. The summed E-state index contributed by atoms with van der Waals surface area (Å²) in [5.74, 6) is -2.57. The molecule has 3 heteroatoms. The average Bonchev–Trinajstić information content (AvgIpc) is 1.63. The van der Waals surface area contributed by atoms with Gasteiger partial charge in [-0.05, 0) is 13.8 Å². The topological polar surface area (TPSA) is 9.23 Å². The average molecular weight is 138 g/mol. The van der Waals surface area contributed by atoms with Crippen molar-refractivity contribution in [2.75, 3.05) is 13.2 Å². The molecule has 0 aliphatic carbocycles. The predicted molar refractivity (Wildman–Crippen MR) is 31.7 cm³/mol. The van der Waals surface area contributed by atoms with Gasteiger partial charge in [-0.3, -0.25) is 0 Å². The third-order valence-electron chi connectivity index (χ3n) is 0.890.